The quantitative estimate of drug-likeness (QED) is 0.674. The van der Waals surface area contributed by atoms with Gasteiger partial charge >= 0.3 is 0 Å². The molecule has 0 spiro atoms. The molecule has 1 fully saturated rings. The maximum Gasteiger partial charge on any atom is 0.229 e. The Kier molecular flexibility index (Phi) is 5.63. The number of carbonyl (C=O) groups is 1. The summed E-state index contributed by atoms with van der Waals surface area (Å²) in [5.74, 6) is 0.804. The molecule has 8 heteroatoms. The number of nitrogens with one attached hydrogen (secondary N) is 3. The highest BCUT2D eigenvalue weighted by Crippen LogP contribution is 2.38. The van der Waals surface area contributed by atoms with E-state index < -0.39 is 0 Å². The number of nitriles is 1. The van der Waals surface area contributed by atoms with E-state index in [1.807, 2.05) is 38.1 Å². The summed E-state index contributed by atoms with van der Waals surface area (Å²) < 4.78 is 0. The molecule has 4 rings (SSSR count). The highest BCUT2D eigenvalue weighted by molar-refractivity contribution is 5.93. The molecule has 0 aliphatic carbocycles. The van der Waals surface area contributed by atoms with Crippen LogP contribution >= 0.6 is 0 Å². The van der Waals surface area contributed by atoms with Crippen LogP contribution in [0, 0.1) is 24.2 Å². The van der Waals surface area contributed by atoms with Gasteiger partial charge in [-0.05, 0) is 57.5 Å². The van der Waals surface area contributed by atoms with Crippen LogP contribution in [0.2, 0.25) is 0 Å². The van der Waals surface area contributed by atoms with Crippen molar-refractivity contribution < 1.29 is 4.79 Å². The number of allylic oxidation sites excluding steroid dienone is 1. The molecule has 154 valence electrons. The predicted octanol–water partition coefficient (Wildman–Crippen LogP) is 2.87. The summed E-state index contributed by atoms with van der Waals surface area (Å²) in [4.78, 5) is 23.5. The number of piperidine rings is 1. The van der Waals surface area contributed by atoms with Crippen LogP contribution < -0.4 is 20.9 Å². The minimum Gasteiger partial charge on any atom is -0.339 e. The third-order valence-corrected chi connectivity index (χ3v) is 5.54. The first-order chi connectivity index (χ1) is 14.6. The molecule has 30 heavy (non-hydrogen) atoms. The van der Waals surface area contributed by atoms with Gasteiger partial charge in [-0.15, -0.1) is 0 Å². The standard InChI is InChI=1S/C22H25N7O/c1-3-29-18-7-5-4-6-17(18)26-20(29)16(12-23)19-14(2)13-25-22(27-19)28-21(30)15-8-10-24-11-9-15/h4-7,13,15,24,26H,3,8-11H2,1-2H3,(H,25,27,28,30)/b20-16+. The third-order valence-electron chi connectivity index (χ3n) is 5.54. The van der Waals surface area contributed by atoms with E-state index in [-0.39, 0.29) is 17.8 Å². The number of aromatic nitrogens is 2. The maximum absolute atomic E-state index is 12.6. The summed E-state index contributed by atoms with van der Waals surface area (Å²) in [7, 11) is 0. The molecular formula is C22H25N7O. The number of fused-ring (bicyclic) bond motifs is 1. The van der Waals surface area contributed by atoms with Gasteiger partial charge in [0.1, 0.15) is 17.5 Å². The largest absolute Gasteiger partial charge is 0.339 e. The van der Waals surface area contributed by atoms with Crippen molar-refractivity contribution in [3.8, 4) is 6.07 Å². The molecule has 1 saturated heterocycles. The first-order valence-corrected chi connectivity index (χ1v) is 10.3. The first-order valence-electron chi connectivity index (χ1n) is 10.3. The molecule has 3 heterocycles. The van der Waals surface area contributed by atoms with Crippen molar-refractivity contribution >= 4 is 28.8 Å². The minimum atomic E-state index is -0.0703. The van der Waals surface area contributed by atoms with Crippen LogP contribution in [0.15, 0.2) is 36.3 Å². The number of hydrogen-bond acceptors (Lipinski definition) is 7. The number of rotatable bonds is 4. The van der Waals surface area contributed by atoms with Crippen LogP contribution in [0.25, 0.3) is 5.57 Å². The molecule has 1 amide bonds. The maximum atomic E-state index is 12.6. The molecule has 2 aromatic rings. The highest BCUT2D eigenvalue weighted by Gasteiger charge is 2.28. The zero-order chi connectivity index (χ0) is 21.1. The Labute approximate surface area is 176 Å². The summed E-state index contributed by atoms with van der Waals surface area (Å²) in [5.41, 5.74) is 3.68. The van der Waals surface area contributed by atoms with E-state index in [0.717, 1.165) is 42.9 Å². The summed E-state index contributed by atoms with van der Waals surface area (Å²) in [6.07, 6.45) is 3.24. The molecule has 2 aliphatic heterocycles. The lowest BCUT2D eigenvalue weighted by Crippen LogP contribution is -2.35. The average molecular weight is 403 g/mol. The molecule has 0 bridgehead atoms. The zero-order valence-electron chi connectivity index (χ0n) is 17.2. The smallest absolute Gasteiger partial charge is 0.229 e. The fraction of sp³-hybridized carbons (Fsp3) is 0.364. The molecule has 0 saturated carbocycles. The van der Waals surface area contributed by atoms with Crippen molar-refractivity contribution in [2.24, 2.45) is 5.92 Å². The predicted molar refractivity (Wildman–Crippen MR) is 117 cm³/mol. The van der Waals surface area contributed by atoms with Crippen LogP contribution in [-0.4, -0.2) is 35.5 Å². The second-order valence-corrected chi connectivity index (χ2v) is 7.46. The van der Waals surface area contributed by atoms with E-state index in [1.54, 1.807) is 6.20 Å². The molecule has 0 radical (unpaired) electrons. The molecule has 2 aliphatic rings. The van der Waals surface area contributed by atoms with Gasteiger partial charge in [0.2, 0.25) is 11.9 Å². The van der Waals surface area contributed by atoms with E-state index in [2.05, 4.69) is 36.9 Å². The van der Waals surface area contributed by atoms with E-state index in [4.69, 9.17) is 0 Å². The Hall–Kier alpha value is -3.44. The lowest BCUT2D eigenvalue weighted by Gasteiger charge is -2.21. The molecule has 3 N–H and O–H groups in total. The molecule has 8 nitrogen and oxygen atoms in total. The number of benzene rings is 1. The number of aryl methyl sites for hydroxylation is 1. The Balaban J connectivity index is 1.67. The van der Waals surface area contributed by atoms with Crippen LogP contribution in [0.1, 0.15) is 31.0 Å². The van der Waals surface area contributed by atoms with E-state index in [9.17, 15) is 10.1 Å². The van der Waals surface area contributed by atoms with Crippen molar-refractivity contribution in [1.82, 2.24) is 15.3 Å². The lowest BCUT2D eigenvalue weighted by atomic mass is 9.97. The van der Waals surface area contributed by atoms with Crippen LogP contribution in [0.4, 0.5) is 17.3 Å². The van der Waals surface area contributed by atoms with Crippen molar-refractivity contribution in [3.63, 3.8) is 0 Å². The normalized spacial score (nSPS) is 17.7. The zero-order valence-corrected chi connectivity index (χ0v) is 17.2. The summed E-state index contributed by atoms with van der Waals surface area (Å²) in [6, 6.07) is 10.2. The number of para-hydroxylation sites is 2. The Morgan fingerprint density at radius 2 is 2.10 bits per heavy atom. The number of anilines is 3. The van der Waals surface area contributed by atoms with Gasteiger partial charge in [0.05, 0.1) is 17.1 Å². The Morgan fingerprint density at radius 1 is 1.33 bits per heavy atom. The fourth-order valence-corrected chi connectivity index (χ4v) is 3.93. The van der Waals surface area contributed by atoms with Gasteiger partial charge in [0, 0.05) is 18.7 Å². The SMILES string of the molecule is CCN1/C(=C(\C#N)c2nc(NC(=O)C3CCNCC3)ncc2C)Nc2ccccc21. The van der Waals surface area contributed by atoms with Gasteiger partial charge in [0.15, 0.2) is 0 Å². The first kappa shape index (κ1) is 19.9. The second kappa shape index (κ2) is 8.51. The van der Waals surface area contributed by atoms with Gasteiger partial charge in [-0.2, -0.15) is 5.26 Å². The molecule has 0 atom stereocenters. The van der Waals surface area contributed by atoms with Crippen molar-refractivity contribution in [2.45, 2.75) is 26.7 Å². The van der Waals surface area contributed by atoms with Gasteiger partial charge in [-0.25, -0.2) is 9.97 Å². The summed E-state index contributed by atoms with van der Waals surface area (Å²) in [6.45, 7) is 6.28. The molecule has 1 aromatic heterocycles. The number of amides is 1. The van der Waals surface area contributed by atoms with E-state index in [1.165, 1.54) is 0 Å². The van der Waals surface area contributed by atoms with Gasteiger partial charge in [-0.1, -0.05) is 12.1 Å². The van der Waals surface area contributed by atoms with Crippen molar-refractivity contribution in [2.75, 3.05) is 35.2 Å². The van der Waals surface area contributed by atoms with Crippen LogP contribution in [0.3, 0.4) is 0 Å². The van der Waals surface area contributed by atoms with Crippen LogP contribution in [-0.2, 0) is 4.79 Å². The van der Waals surface area contributed by atoms with Gasteiger partial charge in [-0.3, -0.25) is 10.1 Å². The monoisotopic (exact) mass is 403 g/mol. The number of hydrogen-bond donors (Lipinski definition) is 3. The molecule has 0 unspecified atom stereocenters. The van der Waals surface area contributed by atoms with E-state index in [0.29, 0.717) is 23.6 Å². The Bertz CT molecular complexity index is 1030. The Morgan fingerprint density at radius 3 is 2.83 bits per heavy atom. The van der Waals surface area contributed by atoms with Crippen molar-refractivity contribution in [1.29, 1.82) is 5.26 Å². The van der Waals surface area contributed by atoms with Crippen molar-refractivity contribution in [3.05, 3.63) is 47.5 Å². The number of carbonyl (C=O) groups excluding carboxylic acids is 1. The van der Waals surface area contributed by atoms with Gasteiger partial charge < -0.3 is 15.5 Å². The molecule has 1 aromatic carbocycles. The molecular weight excluding hydrogens is 378 g/mol. The summed E-state index contributed by atoms with van der Waals surface area (Å²) >= 11 is 0. The topological polar surface area (TPSA) is 106 Å². The summed E-state index contributed by atoms with van der Waals surface area (Å²) in [5, 5.41) is 19.4. The highest BCUT2D eigenvalue weighted by atomic mass is 16.2. The number of nitrogens with zero attached hydrogens (tertiary/aromatic N) is 4. The van der Waals surface area contributed by atoms with Crippen LogP contribution in [0.5, 0.6) is 0 Å². The lowest BCUT2D eigenvalue weighted by molar-refractivity contribution is -0.120. The minimum absolute atomic E-state index is 0.0463. The van der Waals surface area contributed by atoms with E-state index >= 15 is 0 Å². The second-order valence-electron chi connectivity index (χ2n) is 7.46. The van der Waals surface area contributed by atoms with Gasteiger partial charge in [0.25, 0.3) is 0 Å². The fourth-order valence-electron chi connectivity index (χ4n) is 3.93. The third kappa shape index (κ3) is 3.72. The average Bonchev–Trinajstić information content (AvgIpc) is 3.15.